The summed E-state index contributed by atoms with van der Waals surface area (Å²) in [5.74, 6) is -0.990. The van der Waals surface area contributed by atoms with Gasteiger partial charge >= 0.3 is 12.1 Å². The van der Waals surface area contributed by atoms with Crippen LogP contribution in [0.15, 0.2) is 24.3 Å². The van der Waals surface area contributed by atoms with E-state index in [-0.39, 0.29) is 11.6 Å². The zero-order chi connectivity index (χ0) is 16.0. The fourth-order valence-electron chi connectivity index (χ4n) is 1.71. The fourth-order valence-corrected chi connectivity index (χ4v) is 1.71. The molecular formula is C15H22N2O4. The summed E-state index contributed by atoms with van der Waals surface area (Å²) >= 11 is 0. The molecule has 0 aliphatic heterocycles. The Labute approximate surface area is 124 Å². The predicted molar refractivity (Wildman–Crippen MR) is 79.2 cm³/mol. The summed E-state index contributed by atoms with van der Waals surface area (Å²) in [4.78, 5) is 22.4. The number of carboxylic acid groups (broad SMARTS) is 1. The molecule has 0 bridgehead atoms. The summed E-state index contributed by atoms with van der Waals surface area (Å²) in [5.41, 5.74) is 6.37. The van der Waals surface area contributed by atoms with Crippen molar-refractivity contribution in [1.82, 2.24) is 5.32 Å². The minimum atomic E-state index is -0.990. The van der Waals surface area contributed by atoms with Gasteiger partial charge in [-0.15, -0.1) is 0 Å². The Kier molecular flexibility index (Phi) is 5.72. The van der Waals surface area contributed by atoms with Gasteiger partial charge in [0.05, 0.1) is 5.56 Å². The van der Waals surface area contributed by atoms with Gasteiger partial charge in [0.1, 0.15) is 5.60 Å². The maximum Gasteiger partial charge on any atom is 0.407 e. The van der Waals surface area contributed by atoms with Crippen molar-refractivity contribution in [2.45, 2.75) is 38.8 Å². The first-order valence-electron chi connectivity index (χ1n) is 6.75. The third-order valence-electron chi connectivity index (χ3n) is 2.69. The number of carbonyl (C=O) groups excluding carboxylic acids is 1. The maximum absolute atomic E-state index is 11.5. The minimum Gasteiger partial charge on any atom is -0.478 e. The maximum atomic E-state index is 11.5. The molecule has 6 heteroatoms. The summed E-state index contributed by atoms with van der Waals surface area (Å²) in [6.07, 6.45) is -0.00327. The number of ether oxygens (including phenoxy) is 1. The lowest BCUT2D eigenvalue weighted by Crippen LogP contribution is -2.34. The van der Waals surface area contributed by atoms with Crippen LogP contribution in [0.1, 0.15) is 49.2 Å². The Morgan fingerprint density at radius 2 is 2.05 bits per heavy atom. The van der Waals surface area contributed by atoms with Crippen molar-refractivity contribution in [2.75, 3.05) is 6.54 Å². The monoisotopic (exact) mass is 294 g/mol. The summed E-state index contributed by atoms with van der Waals surface area (Å²) in [6.45, 7) is 5.72. The van der Waals surface area contributed by atoms with E-state index in [0.717, 1.165) is 5.56 Å². The molecule has 21 heavy (non-hydrogen) atoms. The molecule has 1 aromatic carbocycles. The van der Waals surface area contributed by atoms with Crippen molar-refractivity contribution in [3.8, 4) is 0 Å². The lowest BCUT2D eigenvalue weighted by molar-refractivity contribution is 0.0526. The van der Waals surface area contributed by atoms with Gasteiger partial charge in [-0.3, -0.25) is 0 Å². The fraction of sp³-hybridized carbons (Fsp3) is 0.467. The molecule has 0 radical (unpaired) electrons. The standard InChI is InChI=1S/C15H22N2O4/c1-15(2,3)21-14(20)17-8-7-12(16)10-5-4-6-11(9-10)13(18)19/h4-6,9,12H,7-8,16H2,1-3H3,(H,17,20)(H,18,19). The van der Waals surface area contributed by atoms with E-state index < -0.39 is 17.7 Å². The molecule has 6 nitrogen and oxygen atoms in total. The number of hydrogen-bond donors (Lipinski definition) is 3. The smallest absolute Gasteiger partial charge is 0.407 e. The van der Waals surface area contributed by atoms with Gasteiger partial charge in [0.25, 0.3) is 0 Å². The number of nitrogens with one attached hydrogen (secondary N) is 1. The van der Waals surface area contributed by atoms with Crippen molar-refractivity contribution in [3.63, 3.8) is 0 Å². The van der Waals surface area contributed by atoms with Gasteiger partial charge in [0.15, 0.2) is 0 Å². The second kappa shape index (κ2) is 7.08. The number of rotatable bonds is 5. The molecule has 0 saturated heterocycles. The van der Waals surface area contributed by atoms with E-state index in [0.29, 0.717) is 13.0 Å². The van der Waals surface area contributed by atoms with E-state index in [2.05, 4.69) is 5.32 Å². The van der Waals surface area contributed by atoms with E-state index in [1.54, 1.807) is 39.0 Å². The van der Waals surface area contributed by atoms with Crippen molar-refractivity contribution < 1.29 is 19.4 Å². The number of carboxylic acids is 1. The molecule has 1 atom stereocenters. The molecule has 1 rings (SSSR count). The molecule has 0 fully saturated rings. The zero-order valence-electron chi connectivity index (χ0n) is 12.6. The van der Waals surface area contributed by atoms with E-state index >= 15 is 0 Å². The predicted octanol–water partition coefficient (Wildman–Crippen LogP) is 2.30. The molecule has 0 saturated carbocycles. The van der Waals surface area contributed by atoms with Gasteiger partial charge in [-0.25, -0.2) is 9.59 Å². The van der Waals surface area contributed by atoms with Crippen LogP contribution in [0.3, 0.4) is 0 Å². The van der Waals surface area contributed by atoms with Gasteiger partial charge in [-0.05, 0) is 44.9 Å². The molecule has 0 heterocycles. The summed E-state index contributed by atoms with van der Waals surface area (Å²) in [5, 5.41) is 11.6. The number of aromatic carboxylic acids is 1. The Hall–Kier alpha value is -2.08. The number of carbonyl (C=O) groups is 2. The van der Waals surface area contributed by atoms with E-state index in [1.165, 1.54) is 6.07 Å². The molecule has 1 aromatic rings. The van der Waals surface area contributed by atoms with Crippen LogP contribution in [0.5, 0.6) is 0 Å². The van der Waals surface area contributed by atoms with Crippen molar-refractivity contribution >= 4 is 12.1 Å². The van der Waals surface area contributed by atoms with Crippen LogP contribution in [0.25, 0.3) is 0 Å². The van der Waals surface area contributed by atoms with Crippen molar-refractivity contribution in [1.29, 1.82) is 0 Å². The lowest BCUT2D eigenvalue weighted by Gasteiger charge is -2.20. The number of nitrogens with two attached hydrogens (primary N) is 1. The summed E-state index contributed by atoms with van der Waals surface area (Å²) in [6, 6.07) is 6.13. The van der Waals surface area contributed by atoms with Crippen LogP contribution in [-0.2, 0) is 4.74 Å². The summed E-state index contributed by atoms with van der Waals surface area (Å²) in [7, 11) is 0. The number of benzene rings is 1. The van der Waals surface area contributed by atoms with Crippen molar-refractivity contribution in [2.24, 2.45) is 5.73 Å². The molecule has 0 aromatic heterocycles. The normalized spacial score (nSPS) is 12.6. The van der Waals surface area contributed by atoms with Gasteiger partial charge in [0.2, 0.25) is 0 Å². The Bertz CT molecular complexity index is 509. The van der Waals surface area contributed by atoms with E-state index in [4.69, 9.17) is 15.6 Å². The second-order valence-corrected chi connectivity index (χ2v) is 5.75. The van der Waals surface area contributed by atoms with Crippen LogP contribution in [0, 0.1) is 0 Å². The van der Waals surface area contributed by atoms with Crippen molar-refractivity contribution in [3.05, 3.63) is 35.4 Å². The third kappa shape index (κ3) is 6.27. The van der Waals surface area contributed by atoms with Crippen LogP contribution in [0.2, 0.25) is 0 Å². The largest absolute Gasteiger partial charge is 0.478 e. The van der Waals surface area contributed by atoms with E-state index in [1.807, 2.05) is 0 Å². The van der Waals surface area contributed by atoms with Gasteiger partial charge in [-0.1, -0.05) is 12.1 Å². The Morgan fingerprint density at radius 3 is 2.62 bits per heavy atom. The Balaban J connectivity index is 2.47. The zero-order valence-corrected chi connectivity index (χ0v) is 12.6. The van der Waals surface area contributed by atoms with Gasteiger partial charge in [0, 0.05) is 12.6 Å². The molecular weight excluding hydrogens is 272 g/mol. The SMILES string of the molecule is CC(C)(C)OC(=O)NCCC(N)c1cccc(C(=O)O)c1. The molecule has 116 valence electrons. The molecule has 0 aliphatic rings. The topological polar surface area (TPSA) is 102 Å². The first-order valence-corrected chi connectivity index (χ1v) is 6.75. The number of hydrogen-bond acceptors (Lipinski definition) is 4. The second-order valence-electron chi connectivity index (χ2n) is 5.75. The average molecular weight is 294 g/mol. The quantitative estimate of drug-likeness (QED) is 0.773. The highest BCUT2D eigenvalue weighted by molar-refractivity contribution is 5.87. The van der Waals surface area contributed by atoms with Gasteiger partial charge < -0.3 is 20.9 Å². The first-order chi connectivity index (χ1) is 9.69. The van der Waals surface area contributed by atoms with Crippen LogP contribution in [0.4, 0.5) is 4.79 Å². The highest BCUT2D eigenvalue weighted by Gasteiger charge is 2.16. The molecule has 4 N–H and O–H groups in total. The number of alkyl carbamates (subject to hydrolysis) is 1. The third-order valence-corrected chi connectivity index (χ3v) is 2.69. The minimum absolute atomic E-state index is 0.197. The Morgan fingerprint density at radius 1 is 1.38 bits per heavy atom. The molecule has 0 spiro atoms. The average Bonchev–Trinajstić information content (AvgIpc) is 2.36. The first kappa shape index (κ1) is 17.0. The molecule has 0 aliphatic carbocycles. The van der Waals surface area contributed by atoms with Crippen LogP contribution in [-0.4, -0.2) is 29.3 Å². The molecule has 1 unspecified atom stereocenters. The van der Waals surface area contributed by atoms with E-state index in [9.17, 15) is 9.59 Å². The van der Waals surface area contributed by atoms with Crippen LogP contribution < -0.4 is 11.1 Å². The number of amides is 1. The van der Waals surface area contributed by atoms with Crippen LogP contribution >= 0.6 is 0 Å². The highest BCUT2D eigenvalue weighted by atomic mass is 16.6. The summed E-state index contributed by atoms with van der Waals surface area (Å²) < 4.78 is 5.11. The van der Waals surface area contributed by atoms with Gasteiger partial charge in [-0.2, -0.15) is 0 Å². The molecule has 1 amide bonds. The highest BCUT2D eigenvalue weighted by Crippen LogP contribution is 2.15. The lowest BCUT2D eigenvalue weighted by atomic mass is 10.0.